The summed E-state index contributed by atoms with van der Waals surface area (Å²) in [5.41, 5.74) is 1.53. The number of Topliss-reactive ketones (excluding diaryl/α,β-unsaturated/α-hetero) is 1. The molecule has 0 amide bonds. The molecule has 0 fully saturated rings. The Hall–Kier alpha value is -2.13. The number of fused-ring (bicyclic) bond motifs is 1. The molecule has 19 heavy (non-hydrogen) atoms. The summed E-state index contributed by atoms with van der Waals surface area (Å²) >= 11 is 0. The van der Waals surface area contributed by atoms with Gasteiger partial charge in [0.05, 0.1) is 5.56 Å². The highest BCUT2D eigenvalue weighted by molar-refractivity contribution is 6.03. The van der Waals surface area contributed by atoms with E-state index in [1.54, 1.807) is 6.07 Å². The zero-order chi connectivity index (χ0) is 13.2. The number of benzene rings is 2. The van der Waals surface area contributed by atoms with Gasteiger partial charge in [0.2, 0.25) is 0 Å². The molecule has 1 aliphatic rings. The average Bonchev–Trinajstić information content (AvgIpc) is 2.48. The molecule has 2 aromatic carbocycles. The fourth-order valence-electron chi connectivity index (χ4n) is 2.38. The maximum Gasteiger partial charge on any atom is 0.199 e. The first-order chi connectivity index (χ1) is 9.31. The van der Waals surface area contributed by atoms with Gasteiger partial charge < -0.3 is 9.47 Å². The van der Waals surface area contributed by atoms with E-state index in [0.717, 1.165) is 5.56 Å². The zero-order valence-corrected chi connectivity index (χ0v) is 10.6. The molecule has 0 radical (unpaired) electrons. The first-order valence-electron chi connectivity index (χ1n) is 6.19. The third-order valence-electron chi connectivity index (χ3n) is 3.32. The minimum Gasteiger partial charge on any atom is -0.482 e. The summed E-state index contributed by atoms with van der Waals surface area (Å²) in [7, 11) is 1.54. The van der Waals surface area contributed by atoms with Gasteiger partial charge in [-0.1, -0.05) is 42.5 Å². The molecule has 0 bridgehead atoms. The van der Waals surface area contributed by atoms with Crippen LogP contribution in [-0.4, -0.2) is 19.0 Å². The van der Waals surface area contributed by atoms with Crippen molar-refractivity contribution in [3.8, 4) is 5.75 Å². The van der Waals surface area contributed by atoms with Crippen molar-refractivity contribution in [1.29, 1.82) is 0 Å². The summed E-state index contributed by atoms with van der Waals surface area (Å²) in [5.74, 6) is 0.591. The number of ether oxygens (including phenoxy) is 2. The van der Waals surface area contributed by atoms with Crippen LogP contribution in [0.5, 0.6) is 5.75 Å². The summed E-state index contributed by atoms with van der Waals surface area (Å²) in [6.07, 6.45) is -0.995. The van der Waals surface area contributed by atoms with Crippen LogP contribution in [0.3, 0.4) is 0 Å². The zero-order valence-electron chi connectivity index (χ0n) is 10.6. The minimum absolute atomic E-state index is 0.0294. The Balaban J connectivity index is 2.05. The summed E-state index contributed by atoms with van der Waals surface area (Å²) in [6, 6.07) is 16.9. The van der Waals surface area contributed by atoms with Crippen LogP contribution in [0.15, 0.2) is 54.6 Å². The molecular formula is C16H14O3. The smallest absolute Gasteiger partial charge is 0.199 e. The maximum absolute atomic E-state index is 12.4. The van der Waals surface area contributed by atoms with Gasteiger partial charge in [0.1, 0.15) is 5.75 Å². The summed E-state index contributed by atoms with van der Waals surface area (Å²) in [6.45, 7) is 0. The van der Waals surface area contributed by atoms with Gasteiger partial charge >= 0.3 is 0 Å². The molecule has 2 aromatic rings. The van der Waals surface area contributed by atoms with Gasteiger partial charge in [0.15, 0.2) is 18.0 Å². The van der Waals surface area contributed by atoms with Gasteiger partial charge in [-0.3, -0.25) is 4.79 Å². The molecule has 1 heterocycles. The number of carbonyl (C=O) groups is 1. The number of hydrogen-bond acceptors (Lipinski definition) is 3. The number of para-hydroxylation sites is 1. The standard InChI is InChI=1S/C16H14O3/c1-18-16-14(17)12-9-5-6-10-13(12)19-15(16)11-7-3-2-4-8-11/h2-10,15-16H,1H3/t15-,16+/m0/s1. The number of ketones is 1. The van der Waals surface area contributed by atoms with E-state index in [4.69, 9.17) is 9.47 Å². The van der Waals surface area contributed by atoms with E-state index in [9.17, 15) is 4.79 Å². The highest BCUT2D eigenvalue weighted by Gasteiger charge is 2.38. The molecule has 0 N–H and O–H groups in total. The van der Waals surface area contributed by atoms with Crippen LogP contribution in [0.1, 0.15) is 22.0 Å². The molecule has 3 nitrogen and oxygen atoms in total. The largest absolute Gasteiger partial charge is 0.482 e. The second-order valence-corrected chi connectivity index (χ2v) is 4.47. The highest BCUT2D eigenvalue weighted by Crippen LogP contribution is 2.35. The number of carbonyl (C=O) groups excluding carboxylic acids is 1. The monoisotopic (exact) mass is 254 g/mol. The van der Waals surface area contributed by atoms with Crippen molar-refractivity contribution in [2.45, 2.75) is 12.2 Å². The average molecular weight is 254 g/mol. The number of rotatable bonds is 2. The van der Waals surface area contributed by atoms with Crippen LogP contribution in [0.4, 0.5) is 0 Å². The Morgan fingerprint density at radius 1 is 1.00 bits per heavy atom. The van der Waals surface area contributed by atoms with Gasteiger partial charge in [-0.25, -0.2) is 0 Å². The highest BCUT2D eigenvalue weighted by atomic mass is 16.5. The summed E-state index contributed by atoms with van der Waals surface area (Å²) in [4.78, 5) is 12.4. The van der Waals surface area contributed by atoms with Crippen LogP contribution in [-0.2, 0) is 4.74 Å². The fourth-order valence-corrected chi connectivity index (χ4v) is 2.38. The molecule has 96 valence electrons. The van der Waals surface area contributed by atoms with Crippen LogP contribution < -0.4 is 4.74 Å². The molecule has 3 heteroatoms. The van der Waals surface area contributed by atoms with E-state index < -0.39 is 12.2 Å². The van der Waals surface area contributed by atoms with Crippen LogP contribution >= 0.6 is 0 Å². The van der Waals surface area contributed by atoms with E-state index in [-0.39, 0.29) is 5.78 Å². The molecule has 0 aliphatic carbocycles. The summed E-state index contributed by atoms with van der Waals surface area (Å²) < 4.78 is 11.3. The molecule has 1 aliphatic heterocycles. The SMILES string of the molecule is CO[C@@H]1C(=O)c2ccccc2O[C@H]1c1ccccc1. The first kappa shape index (κ1) is 11.9. The van der Waals surface area contributed by atoms with Crippen molar-refractivity contribution in [2.24, 2.45) is 0 Å². The third-order valence-corrected chi connectivity index (χ3v) is 3.32. The number of hydrogen-bond donors (Lipinski definition) is 0. The van der Waals surface area contributed by atoms with Crippen LogP contribution in [0, 0.1) is 0 Å². The van der Waals surface area contributed by atoms with Crippen molar-refractivity contribution in [1.82, 2.24) is 0 Å². The Labute approximate surface area is 111 Å². The Bertz CT molecular complexity index is 592. The predicted octanol–water partition coefficient (Wildman–Crippen LogP) is 3.02. The Morgan fingerprint density at radius 3 is 2.42 bits per heavy atom. The van der Waals surface area contributed by atoms with E-state index in [0.29, 0.717) is 11.3 Å². The lowest BCUT2D eigenvalue weighted by molar-refractivity contribution is -0.000602. The van der Waals surface area contributed by atoms with Gasteiger partial charge in [0.25, 0.3) is 0 Å². The summed E-state index contributed by atoms with van der Waals surface area (Å²) in [5, 5.41) is 0. The quantitative estimate of drug-likeness (QED) is 0.826. The van der Waals surface area contributed by atoms with E-state index in [1.165, 1.54) is 7.11 Å². The lowest BCUT2D eigenvalue weighted by Gasteiger charge is -2.31. The molecular weight excluding hydrogens is 240 g/mol. The Kier molecular flexibility index (Phi) is 3.05. The fraction of sp³-hybridized carbons (Fsp3) is 0.188. The molecule has 0 aromatic heterocycles. The van der Waals surface area contributed by atoms with Gasteiger partial charge in [0, 0.05) is 7.11 Å². The lowest BCUT2D eigenvalue weighted by atomic mass is 9.93. The normalized spacial score (nSPS) is 21.6. The second-order valence-electron chi connectivity index (χ2n) is 4.47. The van der Waals surface area contributed by atoms with Gasteiger partial charge in [-0.05, 0) is 17.7 Å². The molecule has 0 spiro atoms. The van der Waals surface area contributed by atoms with Crippen molar-refractivity contribution in [3.63, 3.8) is 0 Å². The van der Waals surface area contributed by atoms with Crippen LogP contribution in [0.2, 0.25) is 0 Å². The first-order valence-corrected chi connectivity index (χ1v) is 6.19. The number of methoxy groups -OCH3 is 1. The van der Waals surface area contributed by atoms with Crippen LogP contribution in [0.25, 0.3) is 0 Å². The van der Waals surface area contributed by atoms with E-state index in [2.05, 4.69) is 0 Å². The predicted molar refractivity (Wildman–Crippen MR) is 71.4 cm³/mol. The lowest BCUT2D eigenvalue weighted by Crippen LogP contribution is -2.37. The molecule has 2 atom stereocenters. The van der Waals surface area contributed by atoms with E-state index in [1.807, 2.05) is 48.5 Å². The second kappa shape index (κ2) is 4.86. The molecule has 3 rings (SSSR count). The van der Waals surface area contributed by atoms with Crippen molar-refractivity contribution in [3.05, 3.63) is 65.7 Å². The Morgan fingerprint density at radius 2 is 1.68 bits per heavy atom. The topological polar surface area (TPSA) is 35.5 Å². The molecule has 0 saturated heterocycles. The van der Waals surface area contributed by atoms with Crippen molar-refractivity contribution < 1.29 is 14.3 Å². The van der Waals surface area contributed by atoms with Gasteiger partial charge in [-0.2, -0.15) is 0 Å². The van der Waals surface area contributed by atoms with Crippen molar-refractivity contribution in [2.75, 3.05) is 7.11 Å². The molecule has 0 saturated carbocycles. The molecule has 0 unspecified atom stereocenters. The van der Waals surface area contributed by atoms with Gasteiger partial charge in [-0.15, -0.1) is 0 Å². The maximum atomic E-state index is 12.4. The van der Waals surface area contributed by atoms with Crippen molar-refractivity contribution >= 4 is 5.78 Å². The van der Waals surface area contributed by atoms with E-state index >= 15 is 0 Å². The minimum atomic E-state index is -0.600. The third kappa shape index (κ3) is 2.02.